The molecule has 0 aliphatic carbocycles. The van der Waals surface area contributed by atoms with Gasteiger partial charge in [-0.3, -0.25) is 0 Å². The second-order valence-electron chi connectivity index (χ2n) is 10.1. The number of nitrogens with one attached hydrogen (secondary N) is 2. The molecule has 0 bridgehead atoms. The summed E-state index contributed by atoms with van der Waals surface area (Å²) in [6, 6.07) is 13.3. The van der Waals surface area contributed by atoms with Gasteiger partial charge in [0.15, 0.2) is 5.11 Å². The summed E-state index contributed by atoms with van der Waals surface area (Å²) in [6.45, 7) is 8.66. The van der Waals surface area contributed by atoms with E-state index in [4.69, 9.17) is 31.7 Å². The maximum absolute atomic E-state index is 5.75. The fourth-order valence-electron chi connectivity index (χ4n) is 5.53. The Morgan fingerprint density at radius 3 is 2.47 bits per heavy atom. The molecule has 4 heterocycles. The molecule has 1 aromatic carbocycles. The minimum Gasteiger partial charge on any atom is -0.381 e. The smallest absolute Gasteiger partial charge is 0.232 e. The van der Waals surface area contributed by atoms with Crippen molar-refractivity contribution < 1.29 is 9.47 Å². The third-order valence-corrected chi connectivity index (χ3v) is 8.03. The van der Waals surface area contributed by atoms with Crippen molar-refractivity contribution in [1.82, 2.24) is 15.3 Å². The third kappa shape index (κ3) is 5.90. The Morgan fingerprint density at radius 1 is 1.00 bits per heavy atom. The Balaban J connectivity index is 1.33. The van der Waals surface area contributed by atoms with Crippen LogP contribution in [-0.4, -0.2) is 73.7 Å². The molecule has 5 rings (SSSR count). The van der Waals surface area contributed by atoms with Crippen LogP contribution in [0.4, 0.5) is 17.6 Å². The van der Waals surface area contributed by atoms with Crippen molar-refractivity contribution in [3.05, 3.63) is 42.0 Å². The van der Waals surface area contributed by atoms with E-state index in [2.05, 4.69) is 63.8 Å². The average Bonchev–Trinajstić information content (AvgIpc) is 2.93. The Kier molecular flexibility index (Phi) is 8.19. The van der Waals surface area contributed by atoms with Crippen LogP contribution in [0.1, 0.15) is 44.6 Å². The molecule has 3 saturated heterocycles. The average molecular weight is 511 g/mol. The number of thiocarbonyl (C=S) groups is 1. The zero-order valence-electron chi connectivity index (χ0n) is 21.2. The van der Waals surface area contributed by atoms with Gasteiger partial charge in [-0.2, -0.15) is 9.97 Å². The van der Waals surface area contributed by atoms with Crippen LogP contribution in [0.25, 0.3) is 0 Å². The lowest BCUT2D eigenvalue weighted by molar-refractivity contribution is 0.0515. The van der Waals surface area contributed by atoms with Crippen LogP contribution < -0.4 is 20.4 Å². The molecule has 0 spiro atoms. The van der Waals surface area contributed by atoms with Crippen LogP contribution in [-0.2, 0) is 14.9 Å². The van der Waals surface area contributed by atoms with E-state index in [1.54, 1.807) is 0 Å². The van der Waals surface area contributed by atoms with Gasteiger partial charge in [0.25, 0.3) is 0 Å². The van der Waals surface area contributed by atoms with Crippen LogP contribution in [0.5, 0.6) is 0 Å². The van der Waals surface area contributed by atoms with Crippen LogP contribution in [0.2, 0.25) is 0 Å². The summed E-state index contributed by atoms with van der Waals surface area (Å²) in [6.07, 6.45) is 5.58. The first-order valence-electron chi connectivity index (χ1n) is 13.3. The van der Waals surface area contributed by atoms with Crippen molar-refractivity contribution in [3.63, 3.8) is 0 Å². The Labute approximate surface area is 219 Å². The van der Waals surface area contributed by atoms with Gasteiger partial charge in [-0.05, 0) is 56.8 Å². The number of ether oxygens (including phenoxy) is 2. The molecule has 36 heavy (non-hydrogen) atoms. The standard InChI is InChI=1S/C27H38N6O2S/c1-21-7-5-6-12-33(21)24-19-23(32-13-17-35-18-14-32)29-25(30-24)31-26(36)28-20-27(10-15-34-16-11-27)22-8-3-2-4-9-22/h2-4,8-9,19,21H,5-7,10-18,20H2,1H3,(H2,28,29,30,31,36). The molecule has 1 unspecified atom stereocenters. The fourth-order valence-corrected chi connectivity index (χ4v) is 5.70. The molecule has 1 aromatic heterocycles. The highest BCUT2D eigenvalue weighted by Gasteiger charge is 2.34. The van der Waals surface area contributed by atoms with Gasteiger partial charge in [0, 0.05) is 56.9 Å². The number of hydrogen-bond donors (Lipinski definition) is 2. The van der Waals surface area contributed by atoms with E-state index in [1.807, 2.05) is 0 Å². The highest BCUT2D eigenvalue weighted by atomic mass is 32.1. The minimum absolute atomic E-state index is 0.00382. The molecular weight excluding hydrogens is 472 g/mol. The maximum atomic E-state index is 5.75. The number of nitrogens with zero attached hydrogens (tertiary/aromatic N) is 4. The van der Waals surface area contributed by atoms with Gasteiger partial charge in [-0.1, -0.05) is 30.3 Å². The number of morpholine rings is 1. The van der Waals surface area contributed by atoms with E-state index < -0.39 is 0 Å². The van der Waals surface area contributed by atoms with Crippen LogP contribution in [0, 0.1) is 0 Å². The quantitative estimate of drug-likeness (QED) is 0.566. The van der Waals surface area contributed by atoms with Crippen molar-refractivity contribution in [3.8, 4) is 0 Å². The van der Waals surface area contributed by atoms with Crippen LogP contribution in [0.15, 0.2) is 36.4 Å². The van der Waals surface area contributed by atoms with Gasteiger partial charge in [-0.15, -0.1) is 0 Å². The second kappa shape index (κ2) is 11.7. The molecule has 1 atom stereocenters. The van der Waals surface area contributed by atoms with E-state index >= 15 is 0 Å². The van der Waals surface area contributed by atoms with E-state index in [-0.39, 0.29) is 5.41 Å². The highest BCUT2D eigenvalue weighted by molar-refractivity contribution is 7.80. The Morgan fingerprint density at radius 2 is 1.72 bits per heavy atom. The first-order chi connectivity index (χ1) is 17.6. The Bertz CT molecular complexity index is 1010. The second-order valence-corrected chi connectivity index (χ2v) is 10.5. The molecule has 0 saturated carbocycles. The van der Waals surface area contributed by atoms with Crippen molar-refractivity contribution >= 4 is 34.9 Å². The van der Waals surface area contributed by atoms with Crippen molar-refractivity contribution in [2.45, 2.75) is 50.5 Å². The lowest BCUT2D eigenvalue weighted by Crippen LogP contribution is -2.45. The first-order valence-corrected chi connectivity index (χ1v) is 13.7. The number of benzene rings is 1. The van der Waals surface area contributed by atoms with Crippen molar-refractivity contribution in [1.29, 1.82) is 0 Å². The topological polar surface area (TPSA) is 74.8 Å². The summed E-state index contributed by atoms with van der Waals surface area (Å²) in [7, 11) is 0. The lowest BCUT2D eigenvalue weighted by atomic mass is 9.74. The van der Waals surface area contributed by atoms with Crippen LogP contribution in [0.3, 0.4) is 0 Å². The van der Waals surface area contributed by atoms with Crippen molar-refractivity contribution in [2.24, 2.45) is 0 Å². The fraction of sp³-hybridized carbons (Fsp3) is 0.593. The van der Waals surface area contributed by atoms with Gasteiger partial charge >= 0.3 is 0 Å². The van der Waals surface area contributed by atoms with Gasteiger partial charge < -0.3 is 29.9 Å². The van der Waals surface area contributed by atoms with Crippen molar-refractivity contribution in [2.75, 3.05) is 67.7 Å². The zero-order chi connectivity index (χ0) is 24.8. The summed E-state index contributed by atoms with van der Waals surface area (Å²) in [5.74, 6) is 2.44. The number of piperidine rings is 1. The third-order valence-electron chi connectivity index (χ3n) is 7.78. The molecule has 2 aromatic rings. The van der Waals surface area contributed by atoms with Gasteiger partial charge in [0.05, 0.1) is 13.2 Å². The molecule has 9 heteroatoms. The molecule has 194 valence electrons. The van der Waals surface area contributed by atoms with E-state index in [0.717, 1.165) is 63.9 Å². The molecule has 3 fully saturated rings. The highest BCUT2D eigenvalue weighted by Crippen LogP contribution is 2.34. The summed E-state index contributed by atoms with van der Waals surface area (Å²) in [4.78, 5) is 14.5. The molecule has 8 nitrogen and oxygen atoms in total. The molecule has 3 aliphatic heterocycles. The largest absolute Gasteiger partial charge is 0.381 e. The van der Waals surface area contributed by atoms with Gasteiger partial charge in [-0.25, -0.2) is 0 Å². The predicted octanol–water partition coefficient (Wildman–Crippen LogP) is 3.73. The monoisotopic (exact) mass is 510 g/mol. The molecular formula is C27H38N6O2S. The normalized spacial score (nSPS) is 22.2. The summed E-state index contributed by atoms with van der Waals surface area (Å²) >= 11 is 5.75. The predicted molar refractivity (Wildman–Crippen MR) is 148 cm³/mol. The molecule has 0 amide bonds. The van der Waals surface area contributed by atoms with Gasteiger partial charge in [0.2, 0.25) is 5.95 Å². The summed E-state index contributed by atoms with van der Waals surface area (Å²) < 4.78 is 11.2. The van der Waals surface area contributed by atoms with E-state index in [1.165, 1.54) is 24.8 Å². The van der Waals surface area contributed by atoms with Gasteiger partial charge in [0.1, 0.15) is 11.6 Å². The SMILES string of the molecule is CC1CCCCN1c1cc(N2CCOCC2)nc(NC(=S)NCC2(c3ccccc3)CCOCC2)n1. The number of rotatable bonds is 6. The molecule has 0 radical (unpaired) electrons. The van der Waals surface area contributed by atoms with Crippen LogP contribution >= 0.6 is 12.2 Å². The maximum Gasteiger partial charge on any atom is 0.232 e. The minimum atomic E-state index is -0.00382. The van der Waals surface area contributed by atoms with E-state index in [9.17, 15) is 0 Å². The number of aromatic nitrogens is 2. The zero-order valence-corrected chi connectivity index (χ0v) is 22.1. The number of hydrogen-bond acceptors (Lipinski definition) is 7. The molecule has 3 aliphatic rings. The number of anilines is 3. The molecule has 2 N–H and O–H groups in total. The summed E-state index contributed by atoms with van der Waals surface area (Å²) in [5.41, 5.74) is 1.33. The first kappa shape index (κ1) is 25.2. The summed E-state index contributed by atoms with van der Waals surface area (Å²) in [5, 5.41) is 7.34. The lowest BCUT2D eigenvalue weighted by Gasteiger charge is -2.38. The van der Waals surface area contributed by atoms with E-state index in [0.29, 0.717) is 30.3 Å². The Hall–Kier alpha value is -2.49.